The first kappa shape index (κ1) is 57.7. The van der Waals surface area contributed by atoms with Gasteiger partial charge < -0.3 is 39.0 Å². The highest BCUT2D eigenvalue weighted by Crippen LogP contribution is 2.26. The highest BCUT2D eigenvalue weighted by molar-refractivity contribution is 5.74. The van der Waals surface area contributed by atoms with Gasteiger partial charge in [-0.3, -0.25) is 14.4 Å². The number of allylic oxidation sites excluding steroid dienone is 8. The summed E-state index contributed by atoms with van der Waals surface area (Å²) in [5.74, 6) is -3.22. The maximum Gasteiger partial charge on any atom is 0.335 e. The Hall–Kier alpha value is -3.32. The number of carbonyl (C=O) groups is 4. The molecule has 3 N–H and O–H groups in total. The van der Waals surface area contributed by atoms with Gasteiger partial charge in [-0.05, 0) is 44.9 Å². The molecule has 1 rings (SSSR count). The number of aliphatic hydroxyl groups is 2. The van der Waals surface area contributed by atoms with E-state index in [1.165, 1.54) is 70.6 Å². The summed E-state index contributed by atoms with van der Waals surface area (Å²) in [6, 6.07) is 0. The number of unbranched alkanes of at least 4 members (excludes halogenated alkanes) is 18. The average Bonchev–Trinajstić information content (AvgIpc) is 3.26. The molecule has 6 atom stereocenters. The van der Waals surface area contributed by atoms with E-state index in [0.29, 0.717) is 19.3 Å². The molecule has 1 heterocycles. The van der Waals surface area contributed by atoms with Gasteiger partial charge in [0.15, 0.2) is 24.6 Å². The van der Waals surface area contributed by atoms with E-state index in [9.17, 15) is 34.5 Å². The van der Waals surface area contributed by atoms with E-state index in [0.717, 1.165) is 70.6 Å². The zero-order chi connectivity index (χ0) is 46.2. The molecule has 1 aliphatic rings. The van der Waals surface area contributed by atoms with Crippen molar-refractivity contribution in [3.8, 4) is 0 Å². The highest BCUT2D eigenvalue weighted by atomic mass is 16.7. The van der Waals surface area contributed by atoms with Crippen LogP contribution in [0.5, 0.6) is 0 Å². The van der Waals surface area contributed by atoms with E-state index >= 15 is 0 Å². The standard InChI is InChI=1S/C51H86O12/c1-4-7-10-13-16-19-21-22-24-26-28-31-34-37-43(52)59-40-42(61-44(53)38-35-32-29-25-18-15-12-9-6-3)41-60-51-49(47(56)46(55)48(63-51)50(57)58)62-45(54)39-36-33-30-27-23-20-17-14-11-8-5-2/h7,10,16,19,22,24,28,31,42,46-49,51,55-56H,4-6,8-9,11-15,17-18,20-21,23,25-27,29-30,32-41H2,1-3H3,(H,57,58)/b10-7-,19-16-,24-22-,31-28-. The molecule has 1 saturated heterocycles. The SMILES string of the molecule is CC/C=C\C/C=C\C/C=C\C/C=C\CCC(=O)OCC(COC1OC(C(=O)O)C(O)C(O)C1OC(=O)CCCCCCCCCCCCC)OC(=O)CCCCCCCCCCC. The van der Waals surface area contributed by atoms with Crippen molar-refractivity contribution in [2.45, 2.75) is 237 Å². The molecule has 6 unspecified atom stereocenters. The van der Waals surface area contributed by atoms with E-state index in [4.69, 9.17) is 23.7 Å². The predicted molar refractivity (Wildman–Crippen MR) is 248 cm³/mol. The lowest BCUT2D eigenvalue weighted by Crippen LogP contribution is -2.61. The summed E-state index contributed by atoms with van der Waals surface area (Å²) in [5, 5.41) is 31.2. The third kappa shape index (κ3) is 31.2. The Morgan fingerprint density at radius 1 is 0.540 bits per heavy atom. The quantitative estimate of drug-likeness (QED) is 0.0230. The molecule has 0 radical (unpaired) electrons. The van der Waals surface area contributed by atoms with Crippen molar-refractivity contribution in [1.29, 1.82) is 0 Å². The van der Waals surface area contributed by atoms with Crippen LogP contribution in [0, 0.1) is 0 Å². The minimum Gasteiger partial charge on any atom is -0.479 e. The van der Waals surface area contributed by atoms with Crippen LogP contribution in [0.1, 0.15) is 201 Å². The number of carboxylic acid groups (broad SMARTS) is 1. The van der Waals surface area contributed by atoms with Crippen molar-refractivity contribution in [1.82, 2.24) is 0 Å². The number of esters is 3. The van der Waals surface area contributed by atoms with Crippen LogP contribution < -0.4 is 0 Å². The number of hydrogen-bond acceptors (Lipinski definition) is 11. The van der Waals surface area contributed by atoms with Gasteiger partial charge in [0.2, 0.25) is 0 Å². The van der Waals surface area contributed by atoms with Crippen molar-refractivity contribution in [2.24, 2.45) is 0 Å². The fourth-order valence-corrected chi connectivity index (χ4v) is 7.14. The minimum absolute atomic E-state index is 0.0569. The first-order valence-corrected chi connectivity index (χ1v) is 24.6. The summed E-state index contributed by atoms with van der Waals surface area (Å²) < 4.78 is 28.1. The monoisotopic (exact) mass is 891 g/mol. The second kappa shape index (κ2) is 40.2. The normalized spacial score (nSPS) is 19.7. The van der Waals surface area contributed by atoms with Crippen LogP contribution in [-0.4, -0.2) is 89.2 Å². The second-order valence-electron chi connectivity index (χ2n) is 16.7. The maximum absolute atomic E-state index is 13.0. The van der Waals surface area contributed by atoms with Crippen molar-refractivity contribution in [3.05, 3.63) is 48.6 Å². The summed E-state index contributed by atoms with van der Waals surface area (Å²) in [6.07, 6.45) is 32.8. The summed E-state index contributed by atoms with van der Waals surface area (Å²) in [5.41, 5.74) is 0. The number of hydrogen-bond donors (Lipinski definition) is 3. The molecular formula is C51H86O12. The average molecular weight is 891 g/mol. The molecule has 362 valence electrons. The van der Waals surface area contributed by atoms with Crippen LogP contribution in [0.3, 0.4) is 0 Å². The third-order valence-electron chi connectivity index (χ3n) is 10.9. The van der Waals surface area contributed by atoms with Crippen LogP contribution in [0.15, 0.2) is 48.6 Å². The van der Waals surface area contributed by atoms with Gasteiger partial charge in [-0.2, -0.15) is 0 Å². The summed E-state index contributed by atoms with van der Waals surface area (Å²) in [7, 11) is 0. The second-order valence-corrected chi connectivity index (χ2v) is 16.7. The number of aliphatic hydroxyl groups excluding tert-OH is 2. The predicted octanol–water partition coefficient (Wildman–Crippen LogP) is 11.1. The molecule has 1 fully saturated rings. The lowest BCUT2D eigenvalue weighted by molar-refractivity contribution is -0.301. The lowest BCUT2D eigenvalue weighted by Gasteiger charge is -2.40. The Labute approximate surface area is 380 Å². The summed E-state index contributed by atoms with van der Waals surface area (Å²) in [4.78, 5) is 50.5. The zero-order valence-corrected chi connectivity index (χ0v) is 39.3. The van der Waals surface area contributed by atoms with E-state index in [-0.39, 0.29) is 25.9 Å². The molecule has 0 aromatic rings. The number of rotatable bonds is 40. The van der Waals surface area contributed by atoms with Gasteiger partial charge >= 0.3 is 23.9 Å². The fourth-order valence-electron chi connectivity index (χ4n) is 7.14. The van der Waals surface area contributed by atoms with E-state index in [1.54, 1.807) is 0 Å². The molecule has 63 heavy (non-hydrogen) atoms. The molecule has 0 bridgehead atoms. The molecule has 0 aromatic carbocycles. The van der Waals surface area contributed by atoms with Crippen molar-refractivity contribution < 1.29 is 58.2 Å². The van der Waals surface area contributed by atoms with E-state index in [1.807, 2.05) is 12.2 Å². The Balaban J connectivity index is 2.79. The van der Waals surface area contributed by atoms with Gasteiger partial charge in [-0.25, -0.2) is 4.79 Å². The Bertz CT molecular complexity index is 1290. The molecular weight excluding hydrogens is 805 g/mol. The molecule has 12 heteroatoms. The zero-order valence-electron chi connectivity index (χ0n) is 39.3. The third-order valence-corrected chi connectivity index (χ3v) is 10.9. The van der Waals surface area contributed by atoms with Gasteiger partial charge in [-0.15, -0.1) is 0 Å². The van der Waals surface area contributed by atoms with Gasteiger partial charge in [-0.1, -0.05) is 185 Å². The lowest BCUT2D eigenvalue weighted by atomic mass is 9.98. The van der Waals surface area contributed by atoms with E-state index in [2.05, 4.69) is 57.2 Å². The van der Waals surface area contributed by atoms with Crippen LogP contribution in [0.2, 0.25) is 0 Å². The van der Waals surface area contributed by atoms with Crippen LogP contribution in [0.4, 0.5) is 0 Å². The molecule has 0 saturated carbocycles. The van der Waals surface area contributed by atoms with Gasteiger partial charge in [0.05, 0.1) is 6.61 Å². The van der Waals surface area contributed by atoms with Crippen molar-refractivity contribution in [2.75, 3.05) is 13.2 Å². The molecule has 0 amide bonds. The molecule has 0 aliphatic carbocycles. The number of carbonyl (C=O) groups excluding carboxylic acids is 3. The van der Waals surface area contributed by atoms with Gasteiger partial charge in [0, 0.05) is 19.3 Å². The van der Waals surface area contributed by atoms with Crippen molar-refractivity contribution in [3.63, 3.8) is 0 Å². The molecule has 12 nitrogen and oxygen atoms in total. The minimum atomic E-state index is -1.90. The van der Waals surface area contributed by atoms with Gasteiger partial charge in [0.1, 0.15) is 18.8 Å². The Morgan fingerprint density at radius 3 is 1.49 bits per heavy atom. The number of ether oxygens (including phenoxy) is 5. The van der Waals surface area contributed by atoms with Crippen LogP contribution in [0.25, 0.3) is 0 Å². The molecule has 1 aliphatic heterocycles. The number of carboxylic acids is 1. The topological polar surface area (TPSA) is 175 Å². The first-order chi connectivity index (χ1) is 30.6. The van der Waals surface area contributed by atoms with Crippen LogP contribution >= 0.6 is 0 Å². The summed E-state index contributed by atoms with van der Waals surface area (Å²) in [6.45, 7) is 5.73. The van der Waals surface area contributed by atoms with Gasteiger partial charge in [0.25, 0.3) is 0 Å². The first-order valence-electron chi connectivity index (χ1n) is 24.6. The van der Waals surface area contributed by atoms with Crippen LogP contribution in [-0.2, 0) is 42.9 Å². The van der Waals surface area contributed by atoms with E-state index < -0.39 is 67.3 Å². The Morgan fingerprint density at radius 2 is 1.00 bits per heavy atom. The highest BCUT2D eigenvalue weighted by Gasteiger charge is 2.50. The smallest absolute Gasteiger partial charge is 0.335 e. The largest absolute Gasteiger partial charge is 0.479 e. The maximum atomic E-state index is 13.0. The Kier molecular flexibility index (Phi) is 36.8. The number of aliphatic carboxylic acids is 1. The van der Waals surface area contributed by atoms with Crippen molar-refractivity contribution >= 4 is 23.9 Å². The summed E-state index contributed by atoms with van der Waals surface area (Å²) >= 11 is 0. The molecule has 0 spiro atoms. The fraction of sp³-hybridized carbons (Fsp3) is 0.765. The molecule has 0 aromatic heterocycles.